The van der Waals surface area contributed by atoms with E-state index in [0.717, 1.165) is 6.07 Å². The van der Waals surface area contributed by atoms with Gasteiger partial charge in [-0.2, -0.15) is 13.2 Å². The van der Waals surface area contributed by atoms with Crippen molar-refractivity contribution in [1.29, 1.82) is 0 Å². The van der Waals surface area contributed by atoms with Gasteiger partial charge in [-0.15, -0.1) is 0 Å². The van der Waals surface area contributed by atoms with Crippen molar-refractivity contribution in [1.82, 2.24) is 9.97 Å². The predicted molar refractivity (Wildman–Crippen MR) is 66.5 cm³/mol. The summed E-state index contributed by atoms with van der Waals surface area (Å²) in [5.74, 6) is -1.08. The Labute approximate surface area is 116 Å². The van der Waals surface area contributed by atoms with Crippen LogP contribution in [-0.2, 0) is 6.18 Å². The Balaban J connectivity index is 2.38. The molecule has 0 unspecified atom stereocenters. The molecule has 0 atom stereocenters. The first-order valence-electron chi connectivity index (χ1n) is 5.40. The second-order valence-corrected chi connectivity index (χ2v) is 4.31. The van der Waals surface area contributed by atoms with Crippen molar-refractivity contribution >= 4 is 23.1 Å². The molecule has 2 rings (SSSR count). The van der Waals surface area contributed by atoms with Crippen LogP contribution < -0.4 is 5.32 Å². The van der Waals surface area contributed by atoms with E-state index in [0.29, 0.717) is 11.6 Å². The Bertz CT molecular complexity index is 643. The molecule has 0 bridgehead atoms. The van der Waals surface area contributed by atoms with Gasteiger partial charge in [0.25, 0.3) is 0 Å². The molecule has 1 N–H and O–H groups in total. The molecule has 0 saturated heterocycles. The maximum atomic E-state index is 13.2. The van der Waals surface area contributed by atoms with Crippen molar-refractivity contribution in [2.24, 2.45) is 0 Å². The Hall–Kier alpha value is -1.89. The Morgan fingerprint density at radius 3 is 2.55 bits per heavy atom. The molecule has 3 nitrogen and oxygen atoms in total. The number of anilines is 2. The summed E-state index contributed by atoms with van der Waals surface area (Å²) in [4.78, 5) is 7.59. The SMILES string of the molecule is Cc1c(Cl)ncnc1Nc1ccc(F)c(C(F)(F)F)c1. The lowest BCUT2D eigenvalue weighted by molar-refractivity contribution is -0.139. The van der Waals surface area contributed by atoms with Crippen LogP contribution in [0, 0.1) is 12.7 Å². The fourth-order valence-electron chi connectivity index (χ4n) is 1.51. The van der Waals surface area contributed by atoms with Gasteiger partial charge in [-0.1, -0.05) is 11.6 Å². The largest absolute Gasteiger partial charge is 0.419 e. The molecule has 0 saturated carbocycles. The zero-order chi connectivity index (χ0) is 14.9. The molecule has 0 aliphatic carbocycles. The highest BCUT2D eigenvalue weighted by Gasteiger charge is 2.34. The fraction of sp³-hybridized carbons (Fsp3) is 0.167. The van der Waals surface area contributed by atoms with Gasteiger partial charge in [0.15, 0.2) is 0 Å². The zero-order valence-corrected chi connectivity index (χ0v) is 10.8. The van der Waals surface area contributed by atoms with Crippen LogP contribution in [0.25, 0.3) is 0 Å². The third-order valence-corrected chi connectivity index (χ3v) is 2.94. The molecule has 0 aliphatic heterocycles. The molecule has 1 aromatic carbocycles. The van der Waals surface area contributed by atoms with Crippen LogP contribution in [0.1, 0.15) is 11.1 Å². The van der Waals surface area contributed by atoms with Gasteiger partial charge in [-0.05, 0) is 25.1 Å². The molecule has 0 radical (unpaired) electrons. The maximum absolute atomic E-state index is 13.2. The van der Waals surface area contributed by atoms with Gasteiger partial charge in [0, 0.05) is 11.3 Å². The first-order valence-corrected chi connectivity index (χ1v) is 5.77. The molecule has 0 aliphatic rings. The van der Waals surface area contributed by atoms with Crippen LogP contribution in [0.5, 0.6) is 0 Å². The monoisotopic (exact) mass is 305 g/mol. The fourth-order valence-corrected chi connectivity index (χ4v) is 1.64. The maximum Gasteiger partial charge on any atom is 0.419 e. The minimum Gasteiger partial charge on any atom is -0.340 e. The summed E-state index contributed by atoms with van der Waals surface area (Å²) in [7, 11) is 0. The van der Waals surface area contributed by atoms with Crippen molar-refractivity contribution in [2.75, 3.05) is 5.32 Å². The Morgan fingerprint density at radius 1 is 1.20 bits per heavy atom. The highest BCUT2D eigenvalue weighted by molar-refractivity contribution is 6.30. The summed E-state index contributed by atoms with van der Waals surface area (Å²) < 4.78 is 50.9. The molecule has 0 fully saturated rings. The number of aromatic nitrogens is 2. The first-order chi connectivity index (χ1) is 9.29. The van der Waals surface area contributed by atoms with Gasteiger partial charge in [0.05, 0.1) is 5.56 Å². The average Bonchev–Trinajstić information content (AvgIpc) is 2.36. The standard InChI is InChI=1S/C12H8ClF4N3/c1-6-10(13)18-5-19-11(6)20-7-2-3-9(14)8(4-7)12(15,16)17/h2-5H,1H3,(H,18,19,20). The molecule has 20 heavy (non-hydrogen) atoms. The van der Waals surface area contributed by atoms with Gasteiger partial charge < -0.3 is 5.32 Å². The summed E-state index contributed by atoms with van der Waals surface area (Å²) in [6.07, 6.45) is -3.59. The van der Waals surface area contributed by atoms with Gasteiger partial charge in [-0.25, -0.2) is 14.4 Å². The minimum atomic E-state index is -4.76. The van der Waals surface area contributed by atoms with Gasteiger partial charge in [0.1, 0.15) is 23.1 Å². The smallest absolute Gasteiger partial charge is 0.340 e. The number of alkyl halides is 3. The molecule has 0 spiro atoms. The van der Waals surface area contributed by atoms with E-state index in [1.165, 1.54) is 12.4 Å². The zero-order valence-electron chi connectivity index (χ0n) is 10.1. The Kier molecular flexibility index (Phi) is 3.80. The summed E-state index contributed by atoms with van der Waals surface area (Å²) in [6.45, 7) is 1.61. The molecule has 106 valence electrons. The number of halogens is 5. The van der Waals surface area contributed by atoms with Crippen molar-refractivity contribution < 1.29 is 17.6 Å². The molecular formula is C12H8ClF4N3. The average molecular weight is 306 g/mol. The summed E-state index contributed by atoms with van der Waals surface area (Å²) >= 11 is 5.78. The molecule has 2 aromatic rings. The quantitative estimate of drug-likeness (QED) is 0.662. The predicted octanol–water partition coefficient (Wildman–Crippen LogP) is 4.34. The molecule has 8 heteroatoms. The van der Waals surface area contributed by atoms with E-state index in [2.05, 4.69) is 15.3 Å². The van der Waals surface area contributed by atoms with E-state index >= 15 is 0 Å². The third kappa shape index (κ3) is 2.98. The highest BCUT2D eigenvalue weighted by Crippen LogP contribution is 2.33. The normalized spacial score (nSPS) is 11.5. The minimum absolute atomic E-state index is 0.0524. The number of nitrogens with one attached hydrogen (secondary N) is 1. The van der Waals surface area contributed by atoms with Crippen LogP contribution in [0.15, 0.2) is 24.5 Å². The number of hydrogen-bond donors (Lipinski definition) is 1. The van der Waals surface area contributed by atoms with E-state index in [1.807, 2.05) is 0 Å². The molecular weight excluding hydrogens is 298 g/mol. The van der Waals surface area contributed by atoms with Gasteiger partial charge >= 0.3 is 6.18 Å². The van der Waals surface area contributed by atoms with E-state index in [-0.39, 0.29) is 16.7 Å². The van der Waals surface area contributed by atoms with Crippen molar-refractivity contribution in [2.45, 2.75) is 13.1 Å². The molecule has 1 aromatic heterocycles. The molecule has 0 amide bonds. The van der Waals surface area contributed by atoms with E-state index in [4.69, 9.17) is 11.6 Å². The lowest BCUT2D eigenvalue weighted by atomic mass is 10.1. The summed E-state index contributed by atoms with van der Waals surface area (Å²) in [6, 6.07) is 2.59. The topological polar surface area (TPSA) is 37.8 Å². The highest BCUT2D eigenvalue weighted by atomic mass is 35.5. The van der Waals surface area contributed by atoms with Gasteiger partial charge in [-0.3, -0.25) is 0 Å². The number of rotatable bonds is 2. The number of nitrogens with zero attached hydrogens (tertiary/aromatic N) is 2. The number of hydrogen-bond acceptors (Lipinski definition) is 3. The Morgan fingerprint density at radius 2 is 1.90 bits per heavy atom. The van der Waals surface area contributed by atoms with Crippen molar-refractivity contribution in [3.05, 3.63) is 46.6 Å². The van der Waals surface area contributed by atoms with Crippen molar-refractivity contribution in [3.63, 3.8) is 0 Å². The van der Waals surface area contributed by atoms with E-state index in [9.17, 15) is 17.6 Å². The van der Waals surface area contributed by atoms with Crippen LogP contribution >= 0.6 is 11.6 Å². The van der Waals surface area contributed by atoms with Crippen LogP contribution in [0.3, 0.4) is 0 Å². The second kappa shape index (κ2) is 5.24. The van der Waals surface area contributed by atoms with Crippen LogP contribution in [0.4, 0.5) is 29.1 Å². The summed E-state index contributed by atoms with van der Waals surface area (Å²) in [5, 5.41) is 2.83. The van der Waals surface area contributed by atoms with Crippen LogP contribution in [0.2, 0.25) is 5.15 Å². The van der Waals surface area contributed by atoms with E-state index < -0.39 is 17.6 Å². The van der Waals surface area contributed by atoms with Crippen molar-refractivity contribution in [3.8, 4) is 0 Å². The lowest BCUT2D eigenvalue weighted by Gasteiger charge is -2.12. The lowest BCUT2D eigenvalue weighted by Crippen LogP contribution is -2.09. The summed E-state index contributed by atoms with van der Waals surface area (Å²) in [5.41, 5.74) is -0.816. The number of benzene rings is 1. The third-order valence-electron chi connectivity index (χ3n) is 2.56. The second-order valence-electron chi connectivity index (χ2n) is 3.96. The van der Waals surface area contributed by atoms with E-state index in [1.54, 1.807) is 6.92 Å². The van der Waals surface area contributed by atoms with Gasteiger partial charge in [0.2, 0.25) is 0 Å². The van der Waals surface area contributed by atoms with Crippen LogP contribution in [-0.4, -0.2) is 9.97 Å². The first kappa shape index (κ1) is 14.5. The molecule has 1 heterocycles.